The summed E-state index contributed by atoms with van der Waals surface area (Å²) >= 11 is 0. The SMILES string of the molecule is C1=CCCC(c2nc(C3=CCCC=C3)nc(-c3cccc(-c4cccc(-c5ccc6c(ccc7nc8ccccc8n76)c5)c4)c3)n2)=C1. The van der Waals surface area contributed by atoms with Crippen LogP contribution in [0, 0.1) is 0 Å². The molecule has 2 aliphatic rings. The maximum Gasteiger partial charge on any atom is 0.164 e. The summed E-state index contributed by atoms with van der Waals surface area (Å²) in [7, 11) is 0. The molecule has 47 heavy (non-hydrogen) atoms. The highest BCUT2D eigenvalue weighted by molar-refractivity contribution is 5.93. The Balaban J connectivity index is 1.10. The molecule has 0 atom stereocenters. The number of para-hydroxylation sites is 2. The quantitative estimate of drug-likeness (QED) is 0.196. The van der Waals surface area contributed by atoms with Gasteiger partial charge in [-0.2, -0.15) is 0 Å². The lowest BCUT2D eigenvalue weighted by molar-refractivity contribution is 0.952. The van der Waals surface area contributed by atoms with E-state index >= 15 is 0 Å². The third kappa shape index (κ3) is 5.06. The predicted octanol–water partition coefficient (Wildman–Crippen LogP) is 10.3. The fourth-order valence-corrected chi connectivity index (χ4v) is 6.71. The number of fused-ring (bicyclic) bond motifs is 5. The zero-order valence-electron chi connectivity index (χ0n) is 25.8. The molecule has 9 rings (SSSR count). The summed E-state index contributed by atoms with van der Waals surface area (Å²) in [6, 6.07) is 36.6. The number of allylic oxidation sites excluding steroid dienone is 8. The van der Waals surface area contributed by atoms with Crippen LogP contribution in [0.1, 0.15) is 37.3 Å². The number of hydrogen-bond donors (Lipinski definition) is 0. The third-order valence-electron chi connectivity index (χ3n) is 9.11. The Labute approximate surface area is 273 Å². The Morgan fingerprint density at radius 1 is 0.532 bits per heavy atom. The van der Waals surface area contributed by atoms with Gasteiger partial charge in [-0.25, -0.2) is 19.9 Å². The number of hydrogen-bond acceptors (Lipinski definition) is 4. The first-order valence-corrected chi connectivity index (χ1v) is 16.3. The van der Waals surface area contributed by atoms with Gasteiger partial charge < -0.3 is 0 Å². The molecular weight excluding hydrogens is 574 g/mol. The van der Waals surface area contributed by atoms with Crippen molar-refractivity contribution in [2.45, 2.75) is 25.7 Å². The zero-order valence-corrected chi connectivity index (χ0v) is 25.8. The molecular formula is C42H31N5. The summed E-state index contributed by atoms with van der Waals surface area (Å²) in [5.41, 5.74) is 12.1. The molecule has 4 aromatic carbocycles. The van der Waals surface area contributed by atoms with E-state index in [9.17, 15) is 0 Å². The van der Waals surface area contributed by atoms with Gasteiger partial charge in [0.1, 0.15) is 5.65 Å². The zero-order chi connectivity index (χ0) is 31.2. The van der Waals surface area contributed by atoms with Crippen LogP contribution in [-0.4, -0.2) is 24.3 Å². The van der Waals surface area contributed by atoms with Gasteiger partial charge in [0.25, 0.3) is 0 Å². The topological polar surface area (TPSA) is 56.0 Å². The van der Waals surface area contributed by atoms with Gasteiger partial charge in [-0.3, -0.25) is 4.40 Å². The van der Waals surface area contributed by atoms with Gasteiger partial charge in [0, 0.05) is 11.1 Å². The lowest BCUT2D eigenvalue weighted by atomic mass is 9.97. The van der Waals surface area contributed by atoms with E-state index in [0.717, 1.165) is 87.4 Å². The van der Waals surface area contributed by atoms with Gasteiger partial charge in [-0.15, -0.1) is 0 Å². The second-order valence-electron chi connectivity index (χ2n) is 12.2. The largest absolute Gasteiger partial charge is 0.292 e. The number of benzene rings is 4. The number of pyridine rings is 1. The predicted molar refractivity (Wildman–Crippen MR) is 193 cm³/mol. The first-order valence-electron chi connectivity index (χ1n) is 16.3. The molecule has 0 saturated carbocycles. The molecule has 0 amide bonds. The first kappa shape index (κ1) is 27.4. The molecule has 0 spiro atoms. The van der Waals surface area contributed by atoms with Crippen molar-refractivity contribution in [3.8, 4) is 33.6 Å². The Morgan fingerprint density at radius 2 is 1.30 bits per heavy atom. The van der Waals surface area contributed by atoms with Crippen LogP contribution in [0.3, 0.4) is 0 Å². The van der Waals surface area contributed by atoms with Crippen molar-refractivity contribution < 1.29 is 0 Å². The van der Waals surface area contributed by atoms with E-state index in [-0.39, 0.29) is 0 Å². The average Bonchev–Trinajstić information content (AvgIpc) is 3.54. The summed E-state index contributed by atoms with van der Waals surface area (Å²) in [5.74, 6) is 2.20. The number of imidazole rings is 1. The molecule has 3 heterocycles. The summed E-state index contributed by atoms with van der Waals surface area (Å²) in [4.78, 5) is 19.7. The normalized spacial score (nSPS) is 14.6. The fourth-order valence-electron chi connectivity index (χ4n) is 6.71. The van der Waals surface area contributed by atoms with Crippen LogP contribution in [-0.2, 0) is 0 Å². The molecule has 7 aromatic rings. The molecule has 3 aromatic heterocycles. The van der Waals surface area contributed by atoms with Gasteiger partial charge in [-0.05, 0) is 107 Å². The van der Waals surface area contributed by atoms with E-state index in [2.05, 4.69) is 138 Å². The molecule has 224 valence electrons. The van der Waals surface area contributed by atoms with E-state index in [1.165, 1.54) is 16.5 Å². The summed E-state index contributed by atoms with van der Waals surface area (Å²) < 4.78 is 2.25. The molecule has 0 N–H and O–H groups in total. The van der Waals surface area contributed by atoms with Crippen LogP contribution in [0.2, 0.25) is 0 Å². The number of aromatic nitrogens is 5. The Bertz CT molecular complexity index is 2480. The Kier molecular flexibility index (Phi) is 6.67. The second kappa shape index (κ2) is 11.5. The second-order valence-corrected chi connectivity index (χ2v) is 12.2. The summed E-state index contributed by atoms with van der Waals surface area (Å²) in [5, 5.41) is 1.18. The number of rotatable bonds is 5. The van der Waals surface area contributed by atoms with Gasteiger partial charge in [0.05, 0.1) is 16.6 Å². The first-order chi connectivity index (χ1) is 23.3. The van der Waals surface area contributed by atoms with Gasteiger partial charge >= 0.3 is 0 Å². The minimum absolute atomic E-state index is 0.700. The lowest BCUT2D eigenvalue weighted by Crippen LogP contribution is -2.06. The van der Waals surface area contributed by atoms with Crippen LogP contribution in [0.25, 0.3) is 72.4 Å². The van der Waals surface area contributed by atoms with E-state index in [1.807, 2.05) is 6.07 Å². The highest BCUT2D eigenvalue weighted by atomic mass is 15.0. The van der Waals surface area contributed by atoms with Crippen molar-refractivity contribution in [3.05, 3.63) is 151 Å². The Morgan fingerprint density at radius 3 is 2.11 bits per heavy atom. The highest BCUT2D eigenvalue weighted by Gasteiger charge is 2.16. The van der Waals surface area contributed by atoms with Crippen molar-refractivity contribution in [2.24, 2.45) is 0 Å². The maximum atomic E-state index is 5.01. The minimum Gasteiger partial charge on any atom is -0.292 e. The molecule has 0 radical (unpaired) electrons. The van der Waals surface area contributed by atoms with Crippen LogP contribution >= 0.6 is 0 Å². The minimum atomic E-state index is 0.700. The molecule has 0 bridgehead atoms. The molecule has 0 saturated heterocycles. The fraction of sp³-hybridized carbons (Fsp3) is 0.0952. The van der Waals surface area contributed by atoms with Crippen molar-refractivity contribution in [3.63, 3.8) is 0 Å². The van der Waals surface area contributed by atoms with Crippen molar-refractivity contribution in [1.82, 2.24) is 24.3 Å². The van der Waals surface area contributed by atoms with Crippen molar-refractivity contribution in [2.75, 3.05) is 0 Å². The highest BCUT2D eigenvalue weighted by Crippen LogP contribution is 2.33. The molecule has 5 heteroatoms. The molecule has 0 aliphatic heterocycles. The summed E-state index contributed by atoms with van der Waals surface area (Å²) in [6.07, 6.45) is 17.0. The lowest BCUT2D eigenvalue weighted by Gasteiger charge is -2.13. The summed E-state index contributed by atoms with van der Waals surface area (Å²) in [6.45, 7) is 0. The number of nitrogens with zero attached hydrogens (tertiary/aromatic N) is 5. The van der Waals surface area contributed by atoms with Crippen LogP contribution in [0.15, 0.2) is 140 Å². The van der Waals surface area contributed by atoms with Gasteiger partial charge in [-0.1, -0.05) is 91.1 Å². The molecule has 5 nitrogen and oxygen atoms in total. The average molecular weight is 606 g/mol. The standard InChI is InChI=1S/C42H31N5/c1-3-11-28(12-4-1)40-44-41(29-13-5-2-6-14-29)46-42(45-40)35-18-10-17-32(27-35)30-15-9-16-31(25-30)33-21-23-37-34(26-33)22-24-39-43-36-19-7-8-20-38(36)47(37)39/h1,3,5,7-11,13-27H,2,4,6,12H2. The van der Waals surface area contributed by atoms with E-state index in [4.69, 9.17) is 19.9 Å². The van der Waals surface area contributed by atoms with E-state index in [0.29, 0.717) is 5.82 Å². The third-order valence-corrected chi connectivity index (χ3v) is 9.11. The molecule has 0 fully saturated rings. The smallest absolute Gasteiger partial charge is 0.164 e. The van der Waals surface area contributed by atoms with Gasteiger partial charge in [0.15, 0.2) is 17.5 Å². The monoisotopic (exact) mass is 605 g/mol. The van der Waals surface area contributed by atoms with Crippen LogP contribution < -0.4 is 0 Å². The van der Waals surface area contributed by atoms with E-state index in [1.54, 1.807) is 0 Å². The van der Waals surface area contributed by atoms with Gasteiger partial charge in [0.2, 0.25) is 0 Å². The van der Waals surface area contributed by atoms with Crippen LogP contribution in [0.4, 0.5) is 0 Å². The molecule has 0 unspecified atom stereocenters. The van der Waals surface area contributed by atoms with Crippen molar-refractivity contribution >= 4 is 38.7 Å². The molecule has 2 aliphatic carbocycles. The van der Waals surface area contributed by atoms with Crippen molar-refractivity contribution in [1.29, 1.82) is 0 Å². The van der Waals surface area contributed by atoms with Crippen LogP contribution in [0.5, 0.6) is 0 Å². The Hall–Kier alpha value is -5.94. The van der Waals surface area contributed by atoms with E-state index < -0.39 is 0 Å². The maximum absolute atomic E-state index is 5.01.